The highest BCUT2D eigenvalue weighted by molar-refractivity contribution is 5.49. The lowest BCUT2D eigenvalue weighted by Gasteiger charge is -2.15. The lowest BCUT2D eigenvalue weighted by Crippen LogP contribution is -2.17. The number of hydrogen-bond donors (Lipinski definition) is 1. The molecular formula is C19H25NO3. The second-order valence-electron chi connectivity index (χ2n) is 5.32. The molecule has 4 heteroatoms. The third-order valence-electron chi connectivity index (χ3n) is 3.94. The Hall–Kier alpha value is -2.20. The normalized spacial score (nSPS) is 10.4. The van der Waals surface area contributed by atoms with E-state index in [0.29, 0.717) is 0 Å². The number of benzene rings is 2. The molecule has 0 radical (unpaired) electrons. The summed E-state index contributed by atoms with van der Waals surface area (Å²) in [6.45, 7) is 3.63. The van der Waals surface area contributed by atoms with Crippen LogP contribution in [0.4, 0.5) is 0 Å². The van der Waals surface area contributed by atoms with Gasteiger partial charge in [0.2, 0.25) is 0 Å². The lowest BCUT2D eigenvalue weighted by atomic mass is 10.1. The van der Waals surface area contributed by atoms with E-state index in [2.05, 4.69) is 11.4 Å². The minimum absolute atomic E-state index is 0.753. The SMILES string of the molecule is COc1ccccc1CCNCc1ccc(OC)c(C)c1OC. The first-order chi connectivity index (χ1) is 11.2. The van der Waals surface area contributed by atoms with Crippen LogP contribution in [-0.4, -0.2) is 27.9 Å². The molecule has 0 amide bonds. The molecule has 2 aromatic carbocycles. The second kappa shape index (κ2) is 8.44. The summed E-state index contributed by atoms with van der Waals surface area (Å²) in [4.78, 5) is 0. The number of para-hydroxylation sites is 1. The Bertz CT molecular complexity index is 641. The maximum Gasteiger partial charge on any atom is 0.129 e. The molecule has 1 N–H and O–H groups in total. The smallest absolute Gasteiger partial charge is 0.129 e. The highest BCUT2D eigenvalue weighted by Crippen LogP contribution is 2.31. The predicted octanol–water partition coefficient (Wildman–Crippen LogP) is 3.35. The fraction of sp³-hybridized carbons (Fsp3) is 0.368. The van der Waals surface area contributed by atoms with Crippen molar-refractivity contribution in [2.75, 3.05) is 27.9 Å². The van der Waals surface area contributed by atoms with Gasteiger partial charge in [-0.25, -0.2) is 0 Å². The van der Waals surface area contributed by atoms with Crippen LogP contribution in [0.15, 0.2) is 36.4 Å². The summed E-state index contributed by atoms with van der Waals surface area (Å²) in [7, 11) is 5.07. The van der Waals surface area contributed by atoms with Gasteiger partial charge in [0.15, 0.2) is 0 Å². The maximum absolute atomic E-state index is 5.53. The molecule has 2 aromatic rings. The van der Waals surface area contributed by atoms with Crippen LogP contribution in [0.1, 0.15) is 16.7 Å². The summed E-state index contributed by atoms with van der Waals surface area (Å²) < 4.78 is 16.2. The topological polar surface area (TPSA) is 39.7 Å². The average molecular weight is 315 g/mol. The van der Waals surface area contributed by atoms with Gasteiger partial charge in [0.05, 0.1) is 21.3 Å². The van der Waals surface area contributed by atoms with Gasteiger partial charge in [0, 0.05) is 17.7 Å². The number of ether oxygens (including phenoxy) is 3. The molecule has 0 bridgehead atoms. The monoisotopic (exact) mass is 315 g/mol. The number of methoxy groups -OCH3 is 3. The summed E-state index contributed by atoms with van der Waals surface area (Å²) in [6.07, 6.45) is 0.918. The van der Waals surface area contributed by atoms with Crippen LogP contribution in [0.3, 0.4) is 0 Å². The van der Waals surface area contributed by atoms with Gasteiger partial charge in [0.1, 0.15) is 17.2 Å². The average Bonchev–Trinajstić information content (AvgIpc) is 2.59. The zero-order valence-electron chi connectivity index (χ0n) is 14.3. The molecule has 0 unspecified atom stereocenters. The van der Waals surface area contributed by atoms with Crippen molar-refractivity contribution in [3.8, 4) is 17.2 Å². The van der Waals surface area contributed by atoms with Crippen molar-refractivity contribution in [3.05, 3.63) is 53.1 Å². The minimum Gasteiger partial charge on any atom is -0.496 e. The van der Waals surface area contributed by atoms with E-state index in [-0.39, 0.29) is 0 Å². The molecule has 0 atom stereocenters. The van der Waals surface area contributed by atoms with E-state index >= 15 is 0 Å². The fourth-order valence-electron chi connectivity index (χ4n) is 2.73. The summed E-state index contributed by atoms with van der Waals surface area (Å²) in [6, 6.07) is 12.1. The first-order valence-electron chi connectivity index (χ1n) is 7.74. The maximum atomic E-state index is 5.53. The molecule has 0 aliphatic heterocycles. The Kier molecular flexibility index (Phi) is 6.29. The van der Waals surface area contributed by atoms with Crippen molar-refractivity contribution in [2.45, 2.75) is 19.9 Å². The van der Waals surface area contributed by atoms with Crippen LogP contribution < -0.4 is 19.5 Å². The van der Waals surface area contributed by atoms with Gasteiger partial charge in [-0.15, -0.1) is 0 Å². The molecule has 23 heavy (non-hydrogen) atoms. The Morgan fingerprint density at radius 3 is 2.26 bits per heavy atom. The van der Waals surface area contributed by atoms with Gasteiger partial charge < -0.3 is 19.5 Å². The standard InChI is InChI=1S/C19H25NO3/c1-14-17(21-2)10-9-16(19(14)23-4)13-20-12-11-15-7-5-6-8-18(15)22-3/h5-10,20H,11-13H2,1-4H3. The quantitative estimate of drug-likeness (QED) is 0.758. The first kappa shape index (κ1) is 17.2. The van der Waals surface area contributed by atoms with Crippen LogP contribution in [0.25, 0.3) is 0 Å². The molecule has 0 saturated heterocycles. The summed E-state index contributed by atoms with van der Waals surface area (Å²) in [5.74, 6) is 2.67. The molecule has 0 fully saturated rings. The minimum atomic E-state index is 0.753. The predicted molar refractivity (Wildman–Crippen MR) is 92.7 cm³/mol. The third kappa shape index (κ3) is 4.17. The number of hydrogen-bond acceptors (Lipinski definition) is 4. The summed E-state index contributed by atoms with van der Waals surface area (Å²) in [5, 5.41) is 3.46. The Morgan fingerprint density at radius 1 is 0.826 bits per heavy atom. The van der Waals surface area contributed by atoms with E-state index in [1.807, 2.05) is 37.3 Å². The molecule has 0 heterocycles. The Morgan fingerprint density at radius 2 is 1.57 bits per heavy atom. The van der Waals surface area contributed by atoms with Gasteiger partial charge in [0.25, 0.3) is 0 Å². The van der Waals surface area contributed by atoms with Gasteiger partial charge >= 0.3 is 0 Å². The van der Waals surface area contributed by atoms with Crippen LogP contribution in [0, 0.1) is 6.92 Å². The zero-order valence-corrected chi connectivity index (χ0v) is 14.3. The summed E-state index contributed by atoms with van der Waals surface area (Å²) >= 11 is 0. The highest BCUT2D eigenvalue weighted by Gasteiger charge is 2.10. The van der Waals surface area contributed by atoms with Crippen molar-refractivity contribution in [1.82, 2.24) is 5.32 Å². The molecule has 2 rings (SSSR count). The molecule has 0 aliphatic rings. The third-order valence-corrected chi connectivity index (χ3v) is 3.94. The van der Waals surface area contributed by atoms with Crippen molar-refractivity contribution in [3.63, 3.8) is 0 Å². The van der Waals surface area contributed by atoms with Gasteiger partial charge in [-0.3, -0.25) is 0 Å². The van der Waals surface area contributed by atoms with Crippen LogP contribution >= 0.6 is 0 Å². The molecule has 0 aliphatic carbocycles. The molecule has 124 valence electrons. The molecular weight excluding hydrogens is 290 g/mol. The van der Waals surface area contributed by atoms with Crippen molar-refractivity contribution < 1.29 is 14.2 Å². The molecule has 0 saturated carbocycles. The van der Waals surface area contributed by atoms with Crippen molar-refractivity contribution in [1.29, 1.82) is 0 Å². The fourth-order valence-corrected chi connectivity index (χ4v) is 2.73. The van der Waals surface area contributed by atoms with Crippen molar-refractivity contribution in [2.24, 2.45) is 0 Å². The molecule has 0 spiro atoms. The van der Waals surface area contributed by atoms with Gasteiger partial charge in [-0.1, -0.05) is 24.3 Å². The zero-order chi connectivity index (χ0) is 16.7. The summed E-state index contributed by atoms with van der Waals surface area (Å²) in [5.41, 5.74) is 3.37. The van der Waals surface area contributed by atoms with Gasteiger partial charge in [-0.05, 0) is 37.6 Å². The van der Waals surface area contributed by atoms with Crippen LogP contribution in [-0.2, 0) is 13.0 Å². The Labute approximate surface area is 138 Å². The van der Waals surface area contributed by atoms with Crippen LogP contribution in [0.5, 0.6) is 17.2 Å². The lowest BCUT2D eigenvalue weighted by molar-refractivity contribution is 0.384. The van der Waals surface area contributed by atoms with E-state index in [0.717, 1.165) is 47.9 Å². The first-order valence-corrected chi connectivity index (χ1v) is 7.74. The number of nitrogens with one attached hydrogen (secondary N) is 1. The molecule has 4 nitrogen and oxygen atoms in total. The Balaban J connectivity index is 1.95. The highest BCUT2D eigenvalue weighted by atomic mass is 16.5. The van der Waals surface area contributed by atoms with E-state index in [1.54, 1.807) is 21.3 Å². The van der Waals surface area contributed by atoms with E-state index in [4.69, 9.17) is 14.2 Å². The van der Waals surface area contributed by atoms with Crippen LogP contribution in [0.2, 0.25) is 0 Å². The van der Waals surface area contributed by atoms with Gasteiger partial charge in [-0.2, -0.15) is 0 Å². The largest absolute Gasteiger partial charge is 0.496 e. The van der Waals surface area contributed by atoms with E-state index in [1.165, 1.54) is 5.56 Å². The van der Waals surface area contributed by atoms with Crippen molar-refractivity contribution >= 4 is 0 Å². The van der Waals surface area contributed by atoms with E-state index in [9.17, 15) is 0 Å². The van der Waals surface area contributed by atoms with E-state index < -0.39 is 0 Å². The second-order valence-corrected chi connectivity index (χ2v) is 5.32. The molecule has 0 aromatic heterocycles. The number of rotatable bonds is 8.